The quantitative estimate of drug-likeness (QED) is 0.475. The Balaban J connectivity index is 1.44. The Kier molecular flexibility index (Phi) is 7.26. The van der Waals surface area contributed by atoms with Crippen molar-refractivity contribution in [2.45, 2.75) is 37.5 Å². The first kappa shape index (κ1) is 22.0. The van der Waals surface area contributed by atoms with E-state index in [0.717, 1.165) is 31.6 Å². The van der Waals surface area contributed by atoms with Crippen LogP contribution in [0.15, 0.2) is 24.3 Å². The van der Waals surface area contributed by atoms with E-state index in [-0.39, 0.29) is 12.0 Å². The number of piperidine rings is 1. The van der Waals surface area contributed by atoms with Gasteiger partial charge in [0.2, 0.25) is 0 Å². The number of hydrogen-bond donors (Lipinski definition) is 4. The Morgan fingerprint density at radius 3 is 2.50 bits per heavy atom. The molecule has 9 nitrogen and oxygen atoms in total. The van der Waals surface area contributed by atoms with Crippen LogP contribution in [-0.2, 0) is 9.59 Å². The molecule has 2 amide bonds. The first-order valence-corrected chi connectivity index (χ1v) is 10.3. The maximum absolute atomic E-state index is 12.2. The molecule has 30 heavy (non-hydrogen) atoms. The van der Waals surface area contributed by atoms with Crippen molar-refractivity contribution in [3.8, 4) is 6.07 Å². The first-order valence-electron chi connectivity index (χ1n) is 10.3. The van der Waals surface area contributed by atoms with Gasteiger partial charge in [0.15, 0.2) is 12.2 Å². The zero-order valence-electron chi connectivity index (χ0n) is 16.9. The summed E-state index contributed by atoms with van der Waals surface area (Å²) in [5.41, 5.74) is 7.32. The number of nitrogens with two attached hydrogens (primary N) is 1. The number of amides is 2. The molecule has 2 saturated heterocycles. The SMILES string of the molecule is N#Cc1ccccc1N1CCC(CNC(=O)[C@H](O)[C@@H](O)C(=O)N2CC[C@H](N)C2)CC1. The molecule has 2 aliphatic rings. The molecule has 3 rings (SSSR count). The average Bonchev–Trinajstić information content (AvgIpc) is 3.22. The van der Waals surface area contributed by atoms with Crippen LogP contribution in [0.1, 0.15) is 24.8 Å². The summed E-state index contributed by atoms with van der Waals surface area (Å²) < 4.78 is 0. The predicted octanol–water partition coefficient (Wildman–Crippen LogP) is -0.828. The summed E-state index contributed by atoms with van der Waals surface area (Å²) in [5, 5.41) is 32.1. The minimum Gasteiger partial charge on any atom is -0.380 e. The van der Waals surface area contributed by atoms with Crippen LogP contribution in [0, 0.1) is 17.2 Å². The molecule has 1 aromatic rings. The second-order valence-electron chi connectivity index (χ2n) is 8.03. The van der Waals surface area contributed by atoms with E-state index in [9.17, 15) is 25.1 Å². The molecule has 0 saturated carbocycles. The maximum Gasteiger partial charge on any atom is 0.254 e. The smallest absolute Gasteiger partial charge is 0.254 e. The second-order valence-corrected chi connectivity index (χ2v) is 8.03. The Labute approximate surface area is 176 Å². The topological polar surface area (TPSA) is 143 Å². The lowest BCUT2D eigenvalue weighted by atomic mass is 9.95. The summed E-state index contributed by atoms with van der Waals surface area (Å²) >= 11 is 0. The molecule has 3 atom stereocenters. The number of carbonyl (C=O) groups excluding carboxylic acids is 2. The van der Waals surface area contributed by atoms with Gasteiger partial charge in [0.1, 0.15) is 6.07 Å². The fraction of sp³-hybridized carbons (Fsp3) is 0.571. The summed E-state index contributed by atoms with van der Waals surface area (Å²) in [7, 11) is 0. The molecular weight excluding hydrogens is 386 g/mol. The lowest BCUT2D eigenvalue weighted by molar-refractivity contribution is -0.152. The highest BCUT2D eigenvalue weighted by atomic mass is 16.3. The van der Waals surface area contributed by atoms with Gasteiger partial charge < -0.3 is 31.1 Å². The van der Waals surface area contributed by atoms with Crippen LogP contribution in [-0.4, -0.2) is 77.9 Å². The van der Waals surface area contributed by atoms with Gasteiger partial charge in [-0.05, 0) is 37.3 Å². The van der Waals surface area contributed by atoms with Crippen molar-refractivity contribution in [1.82, 2.24) is 10.2 Å². The molecule has 0 aromatic heterocycles. The van der Waals surface area contributed by atoms with Crippen LogP contribution >= 0.6 is 0 Å². The highest BCUT2D eigenvalue weighted by Crippen LogP contribution is 2.25. The monoisotopic (exact) mass is 415 g/mol. The van der Waals surface area contributed by atoms with E-state index >= 15 is 0 Å². The van der Waals surface area contributed by atoms with Crippen molar-refractivity contribution in [3.05, 3.63) is 29.8 Å². The van der Waals surface area contributed by atoms with Gasteiger partial charge in [-0.15, -0.1) is 0 Å². The number of benzene rings is 1. The normalized spacial score (nSPS) is 21.7. The lowest BCUT2D eigenvalue weighted by Crippen LogP contribution is -2.51. The van der Waals surface area contributed by atoms with E-state index in [4.69, 9.17) is 5.73 Å². The number of hydrogen-bond acceptors (Lipinski definition) is 7. The Bertz CT molecular complexity index is 803. The highest BCUT2D eigenvalue weighted by molar-refractivity contribution is 5.90. The van der Waals surface area contributed by atoms with Crippen molar-refractivity contribution < 1.29 is 19.8 Å². The molecule has 5 N–H and O–H groups in total. The average molecular weight is 415 g/mol. The number of nitrogens with one attached hydrogen (secondary N) is 1. The Morgan fingerprint density at radius 1 is 1.17 bits per heavy atom. The molecule has 0 spiro atoms. The molecule has 162 valence electrons. The highest BCUT2D eigenvalue weighted by Gasteiger charge is 2.36. The van der Waals surface area contributed by atoms with Crippen molar-refractivity contribution in [2.24, 2.45) is 11.7 Å². The van der Waals surface area contributed by atoms with E-state index in [0.29, 0.717) is 31.6 Å². The number of rotatable bonds is 6. The fourth-order valence-corrected chi connectivity index (χ4v) is 4.02. The van der Waals surface area contributed by atoms with E-state index in [1.54, 1.807) is 6.07 Å². The van der Waals surface area contributed by atoms with Crippen molar-refractivity contribution in [1.29, 1.82) is 5.26 Å². The van der Waals surface area contributed by atoms with Gasteiger partial charge >= 0.3 is 0 Å². The standard InChI is InChI=1S/C21H29N5O4/c22-11-15-3-1-2-4-17(15)25-8-5-14(6-9-25)12-24-20(29)18(27)19(28)21(30)26-10-7-16(23)13-26/h1-4,14,16,18-19,27-28H,5-10,12-13,23H2,(H,24,29)/t16-,18+,19+/m0/s1. The van der Waals surface area contributed by atoms with Crippen LogP contribution < -0.4 is 16.0 Å². The zero-order valence-corrected chi connectivity index (χ0v) is 16.9. The van der Waals surface area contributed by atoms with Gasteiger partial charge in [-0.25, -0.2) is 0 Å². The van der Waals surface area contributed by atoms with Gasteiger partial charge in [-0.2, -0.15) is 5.26 Å². The van der Waals surface area contributed by atoms with Crippen molar-refractivity contribution in [2.75, 3.05) is 37.6 Å². The molecule has 2 heterocycles. The number of nitrogens with zero attached hydrogens (tertiary/aromatic N) is 3. The number of para-hydroxylation sites is 1. The van der Waals surface area contributed by atoms with Gasteiger partial charge in [0.05, 0.1) is 11.3 Å². The molecule has 9 heteroatoms. The van der Waals surface area contributed by atoms with E-state index in [1.807, 2.05) is 18.2 Å². The Hall–Kier alpha value is -2.67. The third-order valence-corrected chi connectivity index (χ3v) is 5.90. The third-order valence-electron chi connectivity index (χ3n) is 5.90. The summed E-state index contributed by atoms with van der Waals surface area (Å²) in [6.07, 6.45) is -1.32. The van der Waals surface area contributed by atoms with Crippen molar-refractivity contribution in [3.63, 3.8) is 0 Å². The molecule has 2 fully saturated rings. The number of carbonyl (C=O) groups is 2. The minimum atomic E-state index is -1.81. The van der Waals surface area contributed by atoms with Gasteiger partial charge in [-0.1, -0.05) is 12.1 Å². The Morgan fingerprint density at radius 2 is 1.87 bits per heavy atom. The fourth-order valence-electron chi connectivity index (χ4n) is 4.02. The van der Waals surface area contributed by atoms with Crippen LogP contribution in [0.2, 0.25) is 0 Å². The zero-order chi connectivity index (χ0) is 21.7. The molecule has 2 aliphatic heterocycles. The third kappa shape index (κ3) is 5.08. The molecule has 0 radical (unpaired) electrons. The van der Waals surface area contributed by atoms with Crippen LogP contribution in [0.4, 0.5) is 5.69 Å². The minimum absolute atomic E-state index is 0.141. The summed E-state index contributed by atoms with van der Waals surface area (Å²) in [6, 6.07) is 9.55. The van der Waals surface area contributed by atoms with Crippen molar-refractivity contribution >= 4 is 17.5 Å². The molecular formula is C21H29N5O4. The molecule has 0 bridgehead atoms. The van der Waals surface area contributed by atoms with Crippen LogP contribution in [0.5, 0.6) is 0 Å². The number of likely N-dealkylation sites (tertiary alicyclic amines) is 1. The number of anilines is 1. The summed E-state index contributed by atoms with van der Waals surface area (Å²) in [5.74, 6) is -1.21. The summed E-state index contributed by atoms with van der Waals surface area (Å²) in [6.45, 7) is 2.62. The lowest BCUT2D eigenvalue weighted by Gasteiger charge is -2.34. The number of aliphatic hydroxyl groups excluding tert-OH is 2. The largest absolute Gasteiger partial charge is 0.380 e. The van der Waals surface area contributed by atoms with Gasteiger partial charge in [0, 0.05) is 38.8 Å². The van der Waals surface area contributed by atoms with Gasteiger partial charge in [-0.3, -0.25) is 9.59 Å². The first-order chi connectivity index (χ1) is 14.4. The number of aliphatic hydroxyl groups is 2. The number of nitriles is 1. The molecule has 1 aromatic carbocycles. The summed E-state index contributed by atoms with van der Waals surface area (Å²) in [4.78, 5) is 28.0. The molecule has 0 unspecified atom stereocenters. The van der Waals surface area contributed by atoms with E-state index in [2.05, 4.69) is 16.3 Å². The van der Waals surface area contributed by atoms with Gasteiger partial charge in [0.25, 0.3) is 11.8 Å². The van der Waals surface area contributed by atoms with E-state index < -0.39 is 24.0 Å². The second kappa shape index (κ2) is 9.89. The van der Waals surface area contributed by atoms with Crippen LogP contribution in [0.25, 0.3) is 0 Å². The van der Waals surface area contributed by atoms with Crippen LogP contribution in [0.3, 0.4) is 0 Å². The maximum atomic E-state index is 12.2. The predicted molar refractivity (Wildman–Crippen MR) is 110 cm³/mol. The van der Waals surface area contributed by atoms with E-state index in [1.165, 1.54) is 4.90 Å². The molecule has 0 aliphatic carbocycles.